The molecule has 0 bridgehead atoms. The number of benzene rings is 2. The second-order valence-corrected chi connectivity index (χ2v) is 6.38. The van der Waals surface area contributed by atoms with Crippen LogP contribution in [0.1, 0.15) is 71.4 Å². The molecule has 0 aliphatic rings. The molecule has 2 aromatic rings. The maximum absolute atomic E-state index is 13.0. The highest BCUT2D eigenvalue weighted by Crippen LogP contribution is 2.29. The highest BCUT2D eigenvalue weighted by molar-refractivity contribution is 6.13. The topological polar surface area (TPSA) is 75.6 Å². The molecule has 0 aromatic heterocycles. The number of rotatable bonds is 10. The second-order valence-electron chi connectivity index (χ2n) is 6.38. The number of hydroxylamine groups is 1. The summed E-state index contributed by atoms with van der Waals surface area (Å²) >= 11 is 0. The lowest BCUT2D eigenvalue weighted by atomic mass is 9.90. The summed E-state index contributed by atoms with van der Waals surface area (Å²) in [5.74, 6) is -0.963. The first kappa shape index (κ1) is 20.6. The minimum absolute atomic E-state index is 0.116. The molecule has 0 saturated heterocycles. The fourth-order valence-corrected chi connectivity index (χ4v) is 2.99. The third-order valence-corrected chi connectivity index (χ3v) is 4.36. The molecule has 27 heavy (non-hydrogen) atoms. The van der Waals surface area contributed by atoms with Gasteiger partial charge in [-0.2, -0.15) is 5.48 Å². The smallest absolute Gasteiger partial charge is 0.357 e. The molecule has 0 fully saturated rings. The minimum atomic E-state index is -0.551. The van der Waals surface area contributed by atoms with E-state index < -0.39 is 5.97 Å². The van der Waals surface area contributed by atoms with Gasteiger partial charge in [-0.3, -0.25) is 4.79 Å². The number of hydrogen-bond donors (Lipinski definition) is 2. The molecule has 0 aliphatic heterocycles. The van der Waals surface area contributed by atoms with E-state index >= 15 is 0 Å². The molecule has 2 aromatic carbocycles. The van der Waals surface area contributed by atoms with Crippen LogP contribution in [0.2, 0.25) is 0 Å². The first-order valence-corrected chi connectivity index (χ1v) is 9.48. The van der Waals surface area contributed by atoms with Crippen molar-refractivity contribution in [2.75, 3.05) is 6.54 Å². The molecular formula is C22H27NO4. The van der Waals surface area contributed by atoms with Crippen LogP contribution in [0.3, 0.4) is 0 Å². The highest BCUT2D eigenvalue weighted by Gasteiger charge is 2.24. The van der Waals surface area contributed by atoms with E-state index in [4.69, 9.17) is 4.84 Å². The Morgan fingerprint density at radius 3 is 2.41 bits per heavy atom. The summed E-state index contributed by atoms with van der Waals surface area (Å²) < 4.78 is 0. The number of carbonyl (C=O) groups is 2. The number of nitrogens with one attached hydrogen (secondary N) is 1. The molecule has 0 amide bonds. The van der Waals surface area contributed by atoms with Crippen molar-refractivity contribution < 1.29 is 19.5 Å². The zero-order chi connectivity index (χ0) is 19.6. The predicted molar refractivity (Wildman–Crippen MR) is 105 cm³/mol. The molecule has 0 atom stereocenters. The molecule has 0 aliphatic carbocycles. The van der Waals surface area contributed by atoms with Crippen LogP contribution < -0.4 is 5.48 Å². The maximum Gasteiger partial charge on any atom is 0.357 e. The quantitative estimate of drug-likeness (QED) is 0.368. The Bertz CT molecular complexity index is 771. The van der Waals surface area contributed by atoms with Crippen LogP contribution in [0.4, 0.5) is 0 Å². The van der Waals surface area contributed by atoms with Crippen LogP contribution in [0.25, 0.3) is 0 Å². The van der Waals surface area contributed by atoms with Gasteiger partial charge in [0.1, 0.15) is 5.75 Å². The van der Waals surface area contributed by atoms with E-state index in [9.17, 15) is 14.7 Å². The lowest BCUT2D eigenvalue weighted by Gasteiger charge is -2.15. The molecule has 5 nitrogen and oxygen atoms in total. The van der Waals surface area contributed by atoms with Crippen molar-refractivity contribution in [1.82, 2.24) is 5.48 Å². The highest BCUT2D eigenvalue weighted by atomic mass is 16.7. The van der Waals surface area contributed by atoms with E-state index in [1.54, 1.807) is 24.3 Å². The molecule has 2 rings (SSSR count). The normalized spacial score (nSPS) is 10.6. The van der Waals surface area contributed by atoms with Crippen molar-refractivity contribution in [3.8, 4) is 5.75 Å². The van der Waals surface area contributed by atoms with Crippen molar-refractivity contribution in [1.29, 1.82) is 0 Å². The van der Waals surface area contributed by atoms with E-state index in [2.05, 4.69) is 12.4 Å². The number of hydrogen-bond acceptors (Lipinski definition) is 5. The van der Waals surface area contributed by atoms with Gasteiger partial charge in [0.15, 0.2) is 5.78 Å². The summed E-state index contributed by atoms with van der Waals surface area (Å²) in [4.78, 5) is 30.5. The molecular weight excluding hydrogens is 342 g/mol. The van der Waals surface area contributed by atoms with Crippen LogP contribution in [0.5, 0.6) is 5.75 Å². The van der Waals surface area contributed by atoms with Gasteiger partial charge in [0, 0.05) is 12.1 Å². The molecule has 5 heteroatoms. The number of unbranched alkanes of at least 4 members (excludes halogenated alkanes) is 3. The van der Waals surface area contributed by atoms with E-state index in [0.29, 0.717) is 29.7 Å². The maximum atomic E-state index is 13.0. The molecule has 0 heterocycles. The number of phenols is 1. The zero-order valence-corrected chi connectivity index (χ0v) is 16.0. The molecule has 2 N–H and O–H groups in total. The number of carbonyl (C=O) groups excluding carboxylic acids is 2. The monoisotopic (exact) mass is 369 g/mol. The molecule has 0 unspecified atom stereocenters. The van der Waals surface area contributed by atoms with Gasteiger partial charge in [0.2, 0.25) is 0 Å². The van der Waals surface area contributed by atoms with Crippen molar-refractivity contribution in [3.63, 3.8) is 0 Å². The van der Waals surface area contributed by atoms with Gasteiger partial charge in [-0.25, -0.2) is 4.79 Å². The summed E-state index contributed by atoms with van der Waals surface area (Å²) in [6, 6.07) is 11.7. The Balaban J connectivity index is 2.45. The van der Waals surface area contributed by atoms with Gasteiger partial charge in [-0.05, 0) is 37.5 Å². The third-order valence-electron chi connectivity index (χ3n) is 4.36. The van der Waals surface area contributed by atoms with Gasteiger partial charge in [-0.15, -0.1) is 0 Å². The van der Waals surface area contributed by atoms with Crippen LogP contribution in [-0.2, 0) is 11.3 Å². The first-order valence-electron chi connectivity index (χ1n) is 9.48. The SMILES string of the molecule is CCCCCCc1c(C(=O)ONCC)ccc(O)c1C(=O)c1ccccc1. The number of ketones is 1. The number of phenolic OH excluding ortho intramolecular Hbond substituents is 1. The van der Waals surface area contributed by atoms with Gasteiger partial charge in [0.05, 0.1) is 11.1 Å². The Hall–Kier alpha value is -2.66. The summed E-state index contributed by atoms with van der Waals surface area (Å²) in [7, 11) is 0. The van der Waals surface area contributed by atoms with Crippen LogP contribution in [-0.4, -0.2) is 23.4 Å². The van der Waals surface area contributed by atoms with E-state index in [1.165, 1.54) is 12.1 Å². The third kappa shape index (κ3) is 5.41. The summed E-state index contributed by atoms with van der Waals surface area (Å²) in [6.45, 7) is 4.42. The Kier molecular flexibility index (Phi) is 8.01. The fourth-order valence-electron chi connectivity index (χ4n) is 2.99. The van der Waals surface area contributed by atoms with Crippen molar-refractivity contribution in [2.45, 2.75) is 46.0 Å². The van der Waals surface area contributed by atoms with Gasteiger partial charge >= 0.3 is 5.97 Å². The fraction of sp³-hybridized carbons (Fsp3) is 0.364. The van der Waals surface area contributed by atoms with Gasteiger partial charge < -0.3 is 9.94 Å². The van der Waals surface area contributed by atoms with Crippen molar-refractivity contribution >= 4 is 11.8 Å². The second kappa shape index (κ2) is 10.5. The molecule has 0 saturated carbocycles. The lowest BCUT2D eigenvalue weighted by Crippen LogP contribution is -2.21. The zero-order valence-electron chi connectivity index (χ0n) is 16.0. The molecule has 0 radical (unpaired) electrons. The van der Waals surface area contributed by atoms with Gasteiger partial charge in [0.25, 0.3) is 0 Å². The van der Waals surface area contributed by atoms with Gasteiger partial charge in [-0.1, -0.05) is 56.5 Å². The van der Waals surface area contributed by atoms with Crippen LogP contribution in [0.15, 0.2) is 42.5 Å². The van der Waals surface area contributed by atoms with Crippen molar-refractivity contribution in [2.24, 2.45) is 0 Å². The van der Waals surface area contributed by atoms with Crippen molar-refractivity contribution in [3.05, 3.63) is 64.7 Å². The Morgan fingerprint density at radius 2 is 1.74 bits per heavy atom. The summed E-state index contributed by atoms with van der Waals surface area (Å²) in [5.41, 5.74) is 4.06. The lowest BCUT2D eigenvalue weighted by molar-refractivity contribution is 0.0264. The minimum Gasteiger partial charge on any atom is -0.507 e. The largest absolute Gasteiger partial charge is 0.507 e. The predicted octanol–water partition coefficient (Wildman–Crippen LogP) is 4.43. The van der Waals surface area contributed by atoms with E-state index in [-0.39, 0.29) is 17.1 Å². The average Bonchev–Trinajstić information content (AvgIpc) is 2.69. The Morgan fingerprint density at radius 1 is 1.00 bits per heavy atom. The van der Waals surface area contributed by atoms with Crippen LogP contribution >= 0.6 is 0 Å². The van der Waals surface area contributed by atoms with E-state index in [1.807, 2.05) is 13.0 Å². The number of aromatic hydroxyl groups is 1. The summed E-state index contributed by atoms with van der Waals surface area (Å²) in [6.07, 6.45) is 4.52. The molecule has 0 spiro atoms. The van der Waals surface area contributed by atoms with Crippen LogP contribution in [0, 0.1) is 0 Å². The molecule has 144 valence electrons. The first-order chi connectivity index (χ1) is 13.1. The van der Waals surface area contributed by atoms with E-state index in [0.717, 1.165) is 25.7 Å². The average molecular weight is 369 g/mol. The summed E-state index contributed by atoms with van der Waals surface area (Å²) in [5, 5.41) is 10.4. The standard InChI is InChI=1S/C22H27NO4/c1-3-5-6-10-13-17-18(22(26)27-23-4-2)14-15-19(24)20(17)21(25)16-11-8-7-9-12-16/h7-9,11-12,14-15,23-24H,3-6,10,13H2,1-2H3. The Labute approximate surface area is 160 Å².